The van der Waals surface area contributed by atoms with E-state index in [4.69, 9.17) is 0 Å². The molecule has 3 unspecified atom stereocenters. The first-order chi connectivity index (χ1) is 16.9. The molecule has 0 radical (unpaired) electrons. The van der Waals surface area contributed by atoms with Crippen LogP contribution in [0.1, 0.15) is 30.1 Å². The third-order valence-electron chi connectivity index (χ3n) is 7.18. The Morgan fingerprint density at radius 2 is 1.80 bits per heavy atom. The average Bonchev–Trinajstić information content (AvgIpc) is 3.58. The molecule has 3 atom stereocenters. The van der Waals surface area contributed by atoms with Crippen molar-refractivity contribution in [3.05, 3.63) is 59.9 Å². The Morgan fingerprint density at radius 1 is 1.03 bits per heavy atom. The largest absolute Gasteiger partial charge is 0.325 e. The van der Waals surface area contributed by atoms with Crippen LogP contribution in [0.25, 0.3) is 11.1 Å². The lowest BCUT2D eigenvalue weighted by molar-refractivity contribution is 0.225. The fourth-order valence-corrected chi connectivity index (χ4v) is 6.71. The number of urea groups is 1. The van der Waals surface area contributed by atoms with Crippen LogP contribution >= 0.6 is 0 Å². The van der Waals surface area contributed by atoms with Crippen molar-refractivity contribution in [2.24, 2.45) is 12.0 Å². The van der Waals surface area contributed by atoms with Gasteiger partial charge in [0.05, 0.1) is 34.0 Å². The second kappa shape index (κ2) is 8.42. The minimum Gasteiger partial charge on any atom is -0.317 e. The van der Waals surface area contributed by atoms with Crippen molar-refractivity contribution in [3.63, 3.8) is 0 Å². The maximum absolute atomic E-state index is 13.4. The van der Waals surface area contributed by atoms with Gasteiger partial charge in [-0.25, -0.2) is 13.3 Å². The molecule has 0 N–H and O–H groups in total. The summed E-state index contributed by atoms with van der Waals surface area (Å²) in [5, 5.41) is 4.47. The highest BCUT2D eigenvalue weighted by molar-refractivity contribution is 7.82. The van der Waals surface area contributed by atoms with Gasteiger partial charge in [-0.1, -0.05) is 18.2 Å². The Morgan fingerprint density at radius 3 is 2.54 bits per heavy atom. The molecule has 9 heteroatoms. The van der Waals surface area contributed by atoms with Crippen LogP contribution in [0.4, 0.5) is 16.2 Å². The maximum atomic E-state index is 13.4. The Hall–Kier alpha value is -3.30. The summed E-state index contributed by atoms with van der Waals surface area (Å²) in [4.78, 5) is 22.5. The molecule has 2 aromatic carbocycles. The quantitative estimate of drug-likeness (QED) is 0.552. The molecule has 6 rings (SSSR count). The Balaban J connectivity index is 1.41. The van der Waals surface area contributed by atoms with Crippen LogP contribution in [0, 0.1) is 6.92 Å². The molecular formula is C26H28N6O2S. The number of benzene rings is 2. The van der Waals surface area contributed by atoms with Gasteiger partial charge in [0.1, 0.15) is 11.0 Å². The third-order valence-corrected chi connectivity index (χ3v) is 8.68. The predicted octanol–water partition coefficient (Wildman–Crippen LogP) is 4.21. The van der Waals surface area contributed by atoms with Gasteiger partial charge in [0, 0.05) is 45.2 Å². The summed E-state index contributed by atoms with van der Waals surface area (Å²) in [6.45, 7) is 3.68. The van der Waals surface area contributed by atoms with Gasteiger partial charge in [0.15, 0.2) is 0 Å². The lowest BCUT2D eigenvalue weighted by Gasteiger charge is -2.29. The lowest BCUT2D eigenvalue weighted by atomic mass is 9.92. The maximum Gasteiger partial charge on any atom is 0.325 e. The molecular weight excluding hydrogens is 460 g/mol. The first-order valence-corrected chi connectivity index (χ1v) is 13.0. The van der Waals surface area contributed by atoms with E-state index in [0.717, 1.165) is 64.6 Å². The van der Waals surface area contributed by atoms with Crippen molar-refractivity contribution in [1.82, 2.24) is 19.0 Å². The number of aromatic nitrogens is 2. The number of fused-ring (bicyclic) bond motifs is 3. The zero-order valence-corrected chi connectivity index (χ0v) is 20.9. The molecule has 1 aromatic heterocycles. The van der Waals surface area contributed by atoms with E-state index < -0.39 is 11.0 Å². The summed E-state index contributed by atoms with van der Waals surface area (Å²) in [6, 6.07) is 13.7. The van der Waals surface area contributed by atoms with Crippen LogP contribution in [-0.4, -0.2) is 61.6 Å². The number of hydrogen-bond acceptors (Lipinski definition) is 4. The number of anilines is 1. The number of aliphatic imine (C=N–C) groups is 1. The highest BCUT2D eigenvalue weighted by Gasteiger charge is 2.48. The molecule has 3 aliphatic heterocycles. The number of rotatable bonds is 4. The number of aryl methyl sites for hydroxylation is 2. The summed E-state index contributed by atoms with van der Waals surface area (Å²) < 4.78 is 16.9. The molecule has 0 aliphatic carbocycles. The van der Waals surface area contributed by atoms with Gasteiger partial charge >= 0.3 is 6.03 Å². The molecule has 2 saturated heterocycles. The van der Waals surface area contributed by atoms with E-state index in [0.29, 0.717) is 0 Å². The number of nitrogens with zero attached hydrogens (tertiary/aromatic N) is 6. The summed E-state index contributed by atoms with van der Waals surface area (Å²) in [7, 11) is 2.54. The van der Waals surface area contributed by atoms with E-state index in [2.05, 4.69) is 22.2 Å². The summed E-state index contributed by atoms with van der Waals surface area (Å²) in [5.41, 5.74) is 5.51. The Kier molecular flexibility index (Phi) is 5.34. The number of likely N-dealkylation sites (N-methyl/N-ethyl adjacent to an activating group) is 1. The molecule has 0 saturated carbocycles. The second-order valence-corrected chi connectivity index (χ2v) is 10.9. The van der Waals surface area contributed by atoms with Crippen LogP contribution in [0.15, 0.2) is 58.5 Å². The van der Waals surface area contributed by atoms with Crippen molar-refractivity contribution in [1.29, 1.82) is 0 Å². The fourth-order valence-electron chi connectivity index (χ4n) is 5.39. The minimum atomic E-state index is -1.15. The van der Waals surface area contributed by atoms with Crippen LogP contribution in [0.2, 0.25) is 0 Å². The molecule has 2 amide bonds. The van der Waals surface area contributed by atoms with E-state index in [-0.39, 0.29) is 18.1 Å². The molecule has 8 nitrogen and oxygen atoms in total. The Bertz CT molecular complexity index is 1380. The van der Waals surface area contributed by atoms with Gasteiger partial charge in [-0.05, 0) is 55.2 Å². The highest BCUT2D eigenvalue weighted by Crippen LogP contribution is 2.45. The summed E-state index contributed by atoms with van der Waals surface area (Å²) >= 11 is 0. The number of carbonyl (C=O) groups excluding carboxylic acids is 1. The topological polar surface area (TPSA) is 74.0 Å². The highest BCUT2D eigenvalue weighted by atomic mass is 32.2. The molecule has 4 heterocycles. The van der Waals surface area contributed by atoms with Gasteiger partial charge < -0.3 is 4.90 Å². The average molecular weight is 489 g/mol. The van der Waals surface area contributed by atoms with Crippen molar-refractivity contribution in [3.8, 4) is 11.1 Å². The van der Waals surface area contributed by atoms with E-state index in [1.807, 2.05) is 73.0 Å². The zero-order valence-electron chi connectivity index (χ0n) is 20.1. The molecule has 3 aromatic rings. The standard InChI is InChI=1S/C26H28N6O2S/c1-17-24(16-29(2)28-17)32-25-21-14-19(9-10-22(21)27-15-23(25)30(3)26(32)33)18-7-6-8-20(13-18)35(34)31-11-4-5-12-31/h6-10,13-16,23,25H,4-5,11-12H2,1-3H3. The number of hydrogen-bond donors (Lipinski definition) is 0. The summed E-state index contributed by atoms with van der Waals surface area (Å²) in [5.74, 6) is 0. The number of amides is 2. The molecule has 3 aliphatic rings. The van der Waals surface area contributed by atoms with Crippen LogP contribution < -0.4 is 4.90 Å². The smallest absolute Gasteiger partial charge is 0.317 e. The van der Waals surface area contributed by atoms with Gasteiger partial charge in [0.2, 0.25) is 0 Å². The summed E-state index contributed by atoms with van der Waals surface area (Å²) in [6.07, 6.45) is 5.96. The minimum absolute atomic E-state index is 0.0659. The molecule has 0 spiro atoms. The SMILES string of the molecule is Cc1nn(C)cc1N1C(=O)N(C)C2C=Nc3ccc(-c4cccc(S(=O)N5CCCC5)c4)cc3C21. The van der Waals surface area contributed by atoms with Gasteiger partial charge in [-0.2, -0.15) is 5.10 Å². The van der Waals surface area contributed by atoms with Crippen molar-refractivity contribution >= 4 is 34.6 Å². The van der Waals surface area contributed by atoms with Crippen molar-refractivity contribution < 1.29 is 9.00 Å². The van der Waals surface area contributed by atoms with Gasteiger partial charge in [-0.15, -0.1) is 0 Å². The zero-order chi connectivity index (χ0) is 24.3. The second-order valence-electron chi connectivity index (χ2n) is 9.44. The third kappa shape index (κ3) is 3.61. The monoisotopic (exact) mass is 488 g/mol. The van der Waals surface area contributed by atoms with Crippen LogP contribution in [0.3, 0.4) is 0 Å². The van der Waals surface area contributed by atoms with E-state index in [9.17, 15) is 9.00 Å². The fraction of sp³-hybridized carbons (Fsp3) is 0.346. The van der Waals surface area contributed by atoms with E-state index >= 15 is 0 Å². The predicted molar refractivity (Wildman–Crippen MR) is 137 cm³/mol. The van der Waals surface area contributed by atoms with E-state index in [1.165, 1.54) is 0 Å². The van der Waals surface area contributed by atoms with E-state index in [1.54, 1.807) is 9.58 Å². The number of carbonyl (C=O) groups is 1. The van der Waals surface area contributed by atoms with Gasteiger partial charge in [0.25, 0.3) is 0 Å². The molecule has 2 fully saturated rings. The lowest BCUT2D eigenvalue weighted by Crippen LogP contribution is -2.33. The van der Waals surface area contributed by atoms with Crippen molar-refractivity contribution in [2.45, 2.75) is 36.7 Å². The van der Waals surface area contributed by atoms with Crippen LogP contribution in [0.5, 0.6) is 0 Å². The molecule has 180 valence electrons. The Labute approximate surface area is 207 Å². The van der Waals surface area contributed by atoms with Crippen molar-refractivity contribution in [2.75, 3.05) is 25.0 Å². The normalized spacial score (nSPS) is 22.5. The first kappa shape index (κ1) is 22.2. The first-order valence-electron chi connectivity index (χ1n) is 11.9. The molecule has 35 heavy (non-hydrogen) atoms. The van der Waals surface area contributed by atoms with Gasteiger partial charge in [-0.3, -0.25) is 14.6 Å². The van der Waals surface area contributed by atoms with Crippen LogP contribution in [-0.2, 0) is 18.0 Å². The molecule has 0 bridgehead atoms.